The predicted molar refractivity (Wildman–Crippen MR) is 107 cm³/mol. The first-order valence-electron chi connectivity index (χ1n) is 10.3. The van der Waals surface area contributed by atoms with Gasteiger partial charge in [-0.25, -0.2) is 8.42 Å². The lowest BCUT2D eigenvalue weighted by Gasteiger charge is -2.20. The number of carbonyl (C=O) groups is 1. The third-order valence-corrected chi connectivity index (χ3v) is 7.83. The SMILES string of the molecule is Cc1ccc(S(=O)(=O)N2CCC(CNC(=O)C3CCCCCCC3)C2)cc1. The van der Waals surface area contributed by atoms with Crippen molar-refractivity contribution in [3.8, 4) is 0 Å². The molecule has 0 radical (unpaired) electrons. The quantitative estimate of drug-likeness (QED) is 0.834. The van der Waals surface area contributed by atoms with E-state index in [-0.39, 0.29) is 17.7 Å². The lowest BCUT2D eigenvalue weighted by atomic mass is 9.90. The van der Waals surface area contributed by atoms with Gasteiger partial charge in [0, 0.05) is 25.6 Å². The minimum atomic E-state index is -3.44. The van der Waals surface area contributed by atoms with E-state index >= 15 is 0 Å². The molecule has 5 nitrogen and oxygen atoms in total. The summed E-state index contributed by atoms with van der Waals surface area (Å²) in [5.41, 5.74) is 1.05. The van der Waals surface area contributed by atoms with Gasteiger partial charge in [-0.3, -0.25) is 4.79 Å². The minimum absolute atomic E-state index is 0.138. The van der Waals surface area contributed by atoms with Crippen molar-refractivity contribution in [1.82, 2.24) is 9.62 Å². The molecule has 1 saturated heterocycles. The van der Waals surface area contributed by atoms with Crippen molar-refractivity contribution in [2.45, 2.75) is 63.2 Å². The molecule has 2 aliphatic rings. The van der Waals surface area contributed by atoms with E-state index in [2.05, 4.69) is 5.32 Å². The second-order valence-corrected chi connectivity index (χ2v) is 10.1. The van der Waals surface area contributed by atoms with E-state index in [1.807, 2.05) is 19.1 Å². The molecule has 1 aromatic carbocycles. The first kappa shape index (κ1) is 20.3. The second-order valence-electron chi connectivity index (χ2n) is 8.12. The van der Waals surface area contributed by atoms with Crippen molar-refractivity contribution in [3.63, 3.8) is 0 Å². The molecule has 1 aromatic rings. The van der Waals surface area contributed by atoms with E-state index in [0.29, 0.717) is 24.5 Å². The van der Waals surface area contributed by atoms with Gasteiger partial charge in [0.25, 0.3) is 0 Å². The molecule has 1 unspecified atom stereocenters. The number of rotatable bonds is 5. The smallest absolute Gasteiger partial charge is 0.243 e. The number of hydrogen-bond acceptors (Lipinski definition) is 3. The molecule has 1 aliphatic carbocycles. The van der Waals surface area contributed by atoms with Gasteiger partial charge in [-0.2, -0.15) is 4.31 Å². The van der Waals surface area contributed by atoms with Crippen LogP contribution in [0, 0.1) is 18.8 Å². The van der Waals surface area contributed by atoms with E-state index in [0.717, 1.165) is 37.7 Å². The highest BCUT2D eigenvalue weighted by molar-refractivity contribution is 7.89. The van der Waals surface area contributed by atoms with E-state index in [9.17, 15) is 13.2 Å². The third kappa shape index (κ3) is 5.32. The topological polar surface area (TPSA) is 66.5 Å². The van der Waals surface area contributed by atoms with Gasteiger partial charge in [-0.05, 0) is 44.2 Å². The number of nitrogens with zero attached hydrogens (tertiary/aromatic N) is 1. The average Bonchev–Trinajstić information content (AvgIpc) is 3.10. The molecule has 0 aromatic heterocycles. The Morgan fingerprint density at radius 3 is 2.33 bits per heavy atom. The van der Waals surface area contributed by atoms with E-state index in [4.69, 9.17) is 0 Å². The molecule has 6 heteroatoms. The number of amides is 1. The fraction of sp³-hybridized carbons (Fsp3) is 0.667. The maximum absolute atomic E-state index is 12.8. The zero-order chi connectivity index (χ0) is 19.3. The Kier molecular flexibility index (Phi) is 6.93. The van der Waals surface area contributed by atoms with Gasteiger partial charge in [0.1, 0.15) is 0 Å². The van der Waals surface area contributed by atoms with Gasteiger partial charge in [0.05, 0.1) is 4.90 Å². The van der Waals surface area contributed by atoms with Crippen molar-refractivity contribution in [1.29, 1.82) is 0 Å². The fourth-order valence-electron chi connectivity index (χ4n) is 4.15. The Bertz CT molecular complexity index is 722. The summed E-state index contributed by atoms with van der Waals surface area (Å²) in [4.78, 5) is 12.9. The highest BCUT2D eigenvalue weighted by atomic mass is 32.2. The van der Waals surface area contributed by atoms with Crippen LogP contribution in [0.5, 0.6) is 0 Å². The van der Waals surface area contributed by atoms with Gasteiger partial charge in [0.2, 0.25) is 15.9 Å². The molecule has 2 fully saturated rings. The molecule has 3 rings (SSSR count). The van der Waals surface area contributed by atoms with E-state index < -0.39 is 10.0 Å². The first-order valence-corrected chi connectivity index (χ1v) is 11.8. The second kappa shape index (κ2) is 9.20. The van der Waals surface area contributed by atoms with E-state index in [1.165, 1.54) is 19.3 Å². The molecule has 0 bridgehead atoms. The largest absolute Gasteiger partial charge is 0.356 e. The van der Waals surface area contributed by atoms with Crippen LogP contribution in [0.25, 0.3) is 0 Å². The molecule has 1 aliphatic heterocycles. The van der Waals surface area contributed by atoms with Crippen molar-refractivity contribution >= 4 is 15.9 Å². The predicted octanol–water partition coefficient (Wildman–Crippen LogP) is 3.48. The highest BCUT2D eigenvalue weighted by Crippen LogP contribution is 2.25. The molecule has 1 atom stereocenters. The molecule has 27 heavy (non-hydrogen) atoms. The van der Waals surface area contributed by atoms with E-state index in [1.54, 1.807) is 16.4 Å². The zero-order valence-corrected chi connectivity index (χ0v) is 17.1. The van der Waals surface area contributed by atoms with Crippen LogP contribution in [0.15, 0.2) is 29.2 Å². The standard InChI is InChI=1S/C21H32N2O3S/c1-17-9-11-20(12-10-17)27(25,26)23-14-13-18(16-23)15-22-21(24)19-7-5-3-2-4-6-8-19/h9-12,18-19H,2-8,13-16H2,1H3,(H,22,24). The van der Waals surface area contributed by atoms with Crippen LogP contribution in [0.4, 0.5) is 0 Å². The molecule has 1 saturated carbocycles. The van der Waals surface area contributed by atoms with Crippen molar-refractivity contribution in [3.05, 3.63) is 29.8 Å². The maximum atomic E-state index is 12.8. The van der Waals surface area contributed by atoms with Crippen molar-refractivity contribution < 1.29 is 13.2 Å². The Labute approximate surface area is 163 Å². The lowest BCUT2D eigenvalue weighted by molar-refractivity contribution is -0.125. The summed E-state index contributed by atoms with van der Waals surface area (Å²) < 4.78 is 27.1. The summed E-state index contributed by atoms with van der Waals surface area (Å²) in [6.45, 7) is 3.54. The summed E-state index contributed by atoms with van der Waals surface area (Å²) >= 11 is 0. The summed E-state index contributed by atoms with van der Waals surface area (Å²) in [5, 5.41) is 3.10. The van der Waals surface area contributed by atoms with Gasteiger partial charge in [-0.15, -0.1) is 0 Å². The number of sulfonamides is 1. The molecule has 1 heterocycles. The number of benzene rings is 1. The summed E-state index contributed by atoms with van der Waals surface area (Å²) in [6, 6.07) is 7.01. The summed E-state index contributed by atoms with van der Waals surface area (Å²) in [6.07, 6.45) is 8.83. The number of nitrogens with one attached hydrogen (secondary N) is 1. The van der Waals surface area contributed by atoms with Crippen LogP contribution in [0.2, 0.25) is 0 Å². The van der Waals surface area contributed by atoms with Gasteiger partial charge in [-0.1, -0.05) is 49.8 Å². The van der Waals surface area contributed by atoms with Crippen LogP contribution in [-0.2, 0) is 14.8 Å². The average molecular weight is 393 g/mol. The molecular formula is C21H32N2O3S. The minimum Gasteiger partial charge on any atom is -0.356 e. The van der Waals surface area contributed by atoms with Gasteiger partial charge in [0.15, 0.2) is 0 Å². The molecular weight excluding hydrogens is 360 g/mol. The molecule has 150 valence electrons. The number of hydrogen-bond donors (Lipinski definition) is 1. The molecule has 1 N–H and O–H groups in total. The van der Waals surface area contributed by atoms with Crippen molar-refractivity contribution in [2.75, 3.05) is 19.6 Å². The monoisotopic (exact) mass is 392 g/mol. The Hall–Kier alpha value is -1.40. The highest BCUT2D eigenvalue weighted by Gasteiger charge is 2.33. The van der Waals surface area contributed by atoms with Crippen LogP contribution in [0.3, 0.4) is 0 Å². The Morgan fingerprint density at radius 1 is 1.04 bits per heavy atom. The van der Waals surface area contributed by atoms with Gasteiger partial charge < -0.3 is 5.32 Å². The zero-order valence-electron chi connectivity index (χ0n) is 16.3. The summed E-state index contributed by atoms with van der Waals surface area (Å²) in [5.74, 6) is 0.499. The number of aryl methyl sites for hydroxylation is 1. The number of carbonyl (C=O) groups excluding carboxylic acids is 1. The Morgan fingerprint density at radius 2 is 1.67 bits per heavy atom. The third-order valence-electron chi connectivity index (χ3n) is 5.95. The summed E-state index contributed by atoms with van der Waals surface area (Å²) in [7, 11) is -3.44. The molecule has 1 amide bonds. The van der Waals surface area contributed by atoms with Crippen LogP contribution in [-0.4, -0.2) is 38.3 Å². The first-order chi connectivity index (χ1) is 13.0. The van der Waals surface area contributed by atoms with Crippen molar-refractivity contribution in [2.24, 2.45) is 11.8 Å². The normalized spacial score (nSPS) is 22.9. The fourth-order valence-corrected chi connectivity index (χ4v) is 5.68. The maximum Gasteiger partial charge on any atom is 0.243 e. The van der Waals surface area contributed by atoms with Gasteiger partial charge >= 0.3 is 0 Å². The molecule has 0 spiro atoms. The van der Waals surface area contributed by atoms with Crippen LogP contribution < -0.4 is 5.32 Å². The van der Waals surface area contributed by atoms with Crippen LogP contribution >= 0.6 is 0 Å². The Balaban J connectivity index is 1.50. The lowest BCUT2D eigenvalue weighted by Crippen LogP contribution is -2.36. The van der Waals surface area contributed by atoms with Crippen LogP contribution in [0.1, 0.15) is 56.9 Å².